The van der Waals surface area contributed by atoms with E-state index < -0.39 is 29.3 Å². The van der Waals surface area contributed by atoms with Gasteiger partial charge in [0, 0.05) is 29.9 Å². The Labute approximate surface area is 174 Å². The van der Waals surface area contributed by atoms with Gasteiger partial charge in [-0.2, -0.15) is 13.2 Å². The first-order chi connectivity index (χ1) is 14.3. The quantitative estimate of drug-likeness (QED) is 0.655. The van der Waals surface area contributed by atoms with Gasteiger partial charge in [0.05, 0.1) is 22.7 Å². The van der Waals surface area contributed by atoms with Gasteiger partial charge in [-0.1, -0.05) is 23.7 Å². The fourth-order valence-electron chi connectivity index (χ4n) is 3.35. The summed E-state index contributed by atoms with van der Waals surface area (Å²) >= 11 is 6.34. The molecular formula is C21H15ClF3N3O2. The number of rotatable bonds is 4. The first-order valence-corrected chi connectivity index (χ1v) is 9.39. The zero-order valence-electron chi connectivity index (χ0n) is 15.4. The molecule has 1 aliphatic heterocycles. The number of hydrogen-bond donors (Lipinski definition) is 1. The van der Waals surface area contributed by atoms with Gasteiger partial charge in [0.15, 0.2) is 0 Å². The van der Waals surface area contributed by atoms with Crippen molar-refractivity contribution in [1.29, 1.82) is 0 Å². The molecule has 0 saturated carbocycles. The molecular weight excluding hydrogens is 419 g/mol. The summed E-state index contributed by atoms with van der Waals surface area (Å²) in [5, 5.41) is 2.93. The van der Waals surface area contributed by atoms with E-state index in [4.69, 9.17) is 16.3 Å². The summed E-state index contributed by atoms with van der Waals surface area (Å²) < 4.78 is 45.2. The molecule has 0 saturated heterocycles. The zero-order valence-corrected chi connectivity index (χ0v) is 16.2. The largest absolute Gasteiger partial charge is 0.486 e. The van der Waals surface area contributed by atoms with E-state index in [1.54, 1.807) is 18.5 Å². The molecule has 30 heavy (non-hydrogen) atoms. The van der Waals surface area contributed by atoms with Crippen LogP contribution in [-0.4, -0.2) is 28.5 Å². The lowest BCUT2D eigenvalue weighted by Gasteiger charge is -2.15. The minimum absolute atomic E-state index is 0.0415. The van der Waals surface area contributed by atoms with E-state index in [0.717, 1.165) is 28.8 Å². The molecule has 0 spiro atoms. The van der Waals surface area contributed by atoms with Gasteiger partial charge in [0.25, 0.3) is 5.91 Å². The standard InChI is InChI=1S/C21H15ClF3N3O2/c22-18-7-12(14-8-26-11-27-9-14)5-13-6-15(30-19(13)18)10-28-20(29)16-3-1-2-4-17(16)21(23,24)25/h1-5,7-9,11,15H,6,10H2,(H,28,29)/t15-/m0/s1. The molecule has 0 radical (unpaired) electrons. The van der Waals surface area contributed by atoms with Crippen molar-refractivity contribution >= 4 is 17.5 Å². The second kappa shape index (κ2) is 7.95. The molecule has 4 rings (SSSR count). The van der Waals surface area contributed by atoms with Crippen LogP contribution >= 0.6 is 11.6 Å². The zero-order chi connectivity index (χ0) is 21.3. The Bertz CT molecular complexity index is 1090. The molecule has 0 unspecified atom stereocenters. The van der Waals surface area contributed by atoms with Crippen molar-refractivity contribution in [2.75, 3.05) is 6.54 Å². The summed E-state index contributed by atoms with van der Waals surface area (Å²) in [6.07, 6.45) is 0.156. The van der Waals surface area contributed by atoms with Gasteiger partial charge in [-0.25, -0.2) is 9.97 Å². The predicted octanol–water partition coefficient (Wildman–Crippen LogP) is 4.55. The fourth-order valence-corrected chi connectivity index (χ4v) is 3.63. The highest BCUT2D eigenvalue weighted by molar-refractivity contribution is 6.32. The van der Waals surface area contributed by atoms with Crippen LogP contribution in [0.1, 0.15) is 21.5 Å². The molecule has 5 nitrogen and oxygen atoms in total. The van der Waals surface area contributed by atoms with E-state index in [1.165, 1.54) is 18.5 Å². The summed E-state index contributed by atoms with van der Waals surface area (Å²) in [7, 11) is 0. The Morgan fingerprint density at radius 3 is 2.63 bits per heavy atom. The van der Waals surface area contributed by atoms with Gasteiger partial charge in [-0.3, -0.25) is 4.79 Å². The van der Waals surface area contributed by atoms with Crippen LogP contribution in [0.5, 0.6) is 5.75 Å². The molecule has 1 aliphatic rings. The van der Waals surface area contributed by atoms with E-state index in [-0.39, 0.29) is 6.54 Å². The number of alkyl halides is 3. The number of nitrogens with one attached hydrogen (secondary N) is 1. The number of aromatic nitrogens is 2. The number of halogens is 4. The van der Waals surface area contributed by atoms with Crippen LogP contribution in [-0.2, 0) is 12.6 Å². The summed E-state index contributed by atoms with van der Waals surface area (Å²) in [6.45, 7) is 0.0415. The average molecular weight is 434 g/mol. The molecule has 0 bridgehead atoms. The van der Waals surface area contributed by atoms with Crippen molar-refractivity contribution in [2.45, 2.75) is 18.7 Å². The van der Waals surface area contributed by atoms with Crippen molar-refractivity contribution in [1.82, 2.24) is 15.3 Å². The van der Waals surface area contributed by atoms with Crippen LogP contribution in [0.25, 0.3) is 11.1 Å². The smallest absolute Gasteiger partial charge is 0.417 e. The third-order valence-corrected chi connectivity index (χ3v) is 4.99. The summed E-state index contributed by atoms with van der Waals surface area (Å²) in [5.41, 5.74) is 1.06. The van der Waals surface area contributed by atoms with Crippen molar-refractivity contribution in [3.05, 3.63) is 76.8 Å². The van der Waals surface area contributed by atoms with Crippen LogP contribution < -0.4 is 10.1 Å². The topological polar surface area (TPSA) is 64.1 Å². The maximum atomic E-state index is 13.1. The normalized spacial score (nSPS) is 15.4. The highest BCUT2D eigenvalue weighted by Gasteiger charge is 2.35. The lowest BCUT2D eigenvalue weighted by atomic mass is 10.0. The van der Waals surface area contributed by atoms with Crippen LogP contribution in [0.4, 0.5) is 13.2 Å². The van der Waals surface area contributed by atoms with E-state index in [9.17, 15) is 18.0 Å². The third-order valence-electron chi connectivity index (χ3n) is 4.71. The first-order valence-electron chi connectivity index (χ1n) is 9.02. The van der Waals surface area contributed by atoms with Crippen LogP contribution in [0.3, 0.4) is 0 Å². The van der Waals surface area contributed by atoms with Gasteiger partial charge in [0.2, 0.25) is 0 Å². The first kappa shape index (κ1) is 20.2. The Morgan fingerprint density at radius 2 is 1.90 bits per heavy atom. The van der Waals surface area contributed by atoms with Crippen molar-refractivity contribution in [3.63, 3.8) is 0 Å². The number of nitrogens with zero attached hydrogens (tertiary/aromatic N) is 2. The third kappa shape index (κ3) is 4.09. The van der Waals surface area contributed by atoms with Crippen molar-refractivity contribution < 1.29 is 22.7 Å². The minimum Gasteiger partial charge on any atom is -0.486 e. The van der Waals surface area contributed by atoms with Gasteiger partial charge in [-0.05, 0) is 29.8 Å². The Morgan fingerprint density at radius 1 is 1.17 bits per heavy atom. The second-order valence-corrected chi connectivity index (χ2v) is 7.18. The van der Waals surface area contributed by atoms with Crippen LogP contribution in [0.15, 0.2) is 55.1 Å². The Balaban J connectivity index is 1.46. The average Bonchev–Trinajstić information content (AvgIpc) is 3.16. The van der Waals surface area contributed by atoms with Gasteiger partial charge < -0.3 is 10.1 Å². The maximum Gasteiger partial charge on any atom is 0.417 e. The highest BCUT2D eigenvalue weighted by atomic mass is 35.5. The maximum absolute atomic E-state index is 13.1. The number of carbonyl (C=O) groups is 1. The van der Waals surface area contributed by atoms with Gasteiger partial charge in [-0.15, -0.1) is 0 Å². The Hall–Kier alpha value is -3.13. The molecule has 0 fully saturated rings. The minimum atomic E-state index is -4.61. The second-order valence-electron chi connectivity index (χ2n) is 6.77. The summed E-state index contributed by atoms with van der Waals surface area (Å²) in [6, 6.07) is 8.30. The lowest BCUT2D eigenvalue weighted by molar-refractivity contribution is -0.137. The van der Waals surface area contributed by atoms with Gasteiger partial charge >= 0.3 is 6.18 Å². The molecule has 1 atom stereocenters. The molecule has 0 aliphatic carbocycles. The van der Waals surface area contributed by atoms with Crippen LogP contribution in [0, 0.1) is 0 Å². The van der Waals surface area contributed by atoms with E-state index in [0.29, 0.717) is 17.2 Å². The molecule has 3 aromatic rings. The number of ether oxygens (including phenoxy) is 1. The van der Waals surface area contributed by atoms with Crippen LogP contribution in [0.2, 0.25) is 5.02 Å². The van der Waals surface area contributed by atoms with Crippen molar-refractivity contribution in [2.24, 2.45) is 0 Å². The van der Waals surface area contributed by atoms with E-state index in [1.807, 2.05) is 6.07 Å². The van der Waals surface area contributed by atoms with Gasteiger partial charge in [0.1, 0.15) is 18.2 Å². The fraction of sp³-hybridized carbons (Fsp3) is 0.190. The SMILES string of the molecule is O=C(NC[C@@H]1Cc2cc(-c3cncnc3)cc(Cl)c2O1)c1ccccc1C(F)(F)F. The molecule has 9 heteroatoms. The number of benzene rings is 2. The van der Waals surface area contributed by atoms with E-state index in [2.05, 4.69) is 15.3 Å². The molecule has 154 valence electrons. The lowest BCUT2D eigenvalue weighted by Crippen LogP contribution is -2.35. The molecule has 1 aromatic heterocycles. The number of amides is 1. The number of fused-ring (bicyclic) bond motifs is 1. The van der Waals surface area contributed by atoms with E-state index >= 15 is 0 Å². The van der Waals surface area contributed by atoms with Crippen molar-refractivity contribution in [3.8, 4) is 16.9 Å². The highest BCUT2D eigenvalue weighted by Crippen LogP contribution is 2.39. The molecule has 1 amide bonds. The predicted molar refractivity (Wildman–Crippen MR) is 104 cm³/mol. The number of carbonyl (C=O) groups excluding carboxylic acids is 1. The molecule has 1 N–H and O–H groups in total. The Kier molecular flexibility index (Phi) is 5.34. The molecule has 2 heterocycles. The molecule has 2 aromatic carbocycles. The summed E-state index contributed by atoms with van der Waals surface area (Å²) in [5.74, 6) is -0.303. The number of hydrogen-bond acceptors (Lipinski definition) is 4. The monoisotopic (exact) mass is 433 g/mol. The summed E-state index contributed by atoms with van der Waals surface area (Å²) in [4.78, 5) is 20.3.